The zero-order chi connectivity index (χ0) is 23.5. The lowest BCUT2D eigenvalue weighted by Crippen LogP contribution is -2.45. The van der Waals surface area contributed by atoms with Gasteiger partial charge in [0.2, 0.25) is 5.91 Å². The zero-order valence-electron chi connectivity index (χ0n) is 17.6. The van der Waals surface area contributed by atoms with Crippen LogP contribution >= 0.6 is 22.9 Å². The van der Waals surface area contributed by atoms with E-state index >= 15 is 0 Å². The maximum absolute atomic E-state index is 13.4. The molecule has 1 aromatic heterocycles. The monoisotopic (exact) mass is 482 g/mol. The average molecular weight is 483 g/mol. The first-order valence-corrected chi connectivity index (χ1v) is 11.3. The van der Waals surface area contributed by atoms with E-state index < -0.39 is 23.8 Å². The number of halogens is 1. The van der Waals surface area contributed by atoms with Gasteiger partial charge in [-0.05, 0) is 47.3 Å². The Morgan fingerprint density at radius 2 is 1.82 bits per heavy atom. The zero-order valence-corrected chi connectivity index (χ0v) is 19.1. The van der Waals surface area contributed by atoms with Gasteiger partial charge in [0.1, 0.15) is 6.04 Å². The van der Waals surface area contributed by atoms with Crippen LogP contribution in [0, 0.1) is 0 Å². The minimum absolute atomic E-state index is 0.0786. The maximum atomic E-state index is 13.4. The summed E-state index contributed by atoms with van der Waals surface area (Å²) >= 11 is 7.57. The Balaban J connectivity index is 1.65. The highest BCUT2D eigenvalue weighted by Crippen LogP contribution is 2.30. The Bertz CT molecular complexity index is 1210. The van der Waals surface area contributed by atoms with E-state index in [4.69, 9.17) is 11.6 Å². The van der Waals surface area contributed by atoms with E-state index in [9.17, 15) is 19.2 Å². The Hall–Kier alpha value is -3.49. The highest BCUT2D eigenvalue weighted by Gasteiger charge is 2.44. The van der Waals surface area contributed by atoms with Crippen molar-refractivity contribution in [1.82, 2.24) is 4.90 Å². The summed E-state index contributed by atoms with van der Waals surface area (Å²) in [6.07, 6.45) is -0.154. The topological polar surface area (TPSA) is 84.0 Å². The van der Waals surface area contributed by atoms with Gasteiger partial charge < -0.3 is 9.64 Å². The van der Waals surface area contributed by atoms with Crippen molar-refractivity contribution in [2.24, 2.45) is 0 Å². The Labute approximate surface area is 199 Å². The van der Waals surface area contributed by atoms with Crippen LogP contribution in [-0.2, 0) is 20.9 Å². The number of imide groups is 1. The first-order valence-electron chi connectivity index (χ1n) is 10.0. The van der Waals surface area contributed by atoms with Crippen LogP contribution in [-0.4, -0.2) is 41.7 Å². The number of amides is 3. The van der Waals surface area contributed by atoms with Crippen molar-refractivity contribution in [3.05, 3.63) is 87.1 Å². The van der Waals surface area contributed by atoms with Gasteiger partial charge in [-0.15, -0.1) is 11.3 Å². The number of methoxy groups -OCH3 is 1. The van der Waals surface area contributed by atoms with Gasteiger partial charge in [0.05, 0.1) is 29.7 Å². The number of ether oxygens (including phenoxy) is 1. The summed E-state index contributed by atoms with van der Waals surface area (Å²) in [7, 11) is 1.27. The third kappa shape index (κ3) is 4.53. The lowest BCUT2D eigenvalue weighted by atomic mass is 10.1. The summed E-state index contributed by atoms with van der Waals surface area (Å²) < 4.78 is 4.68. The molecular weight excluding hydrogens is 464 g/mol. The van der Waals surface area contributed by atoms with Gasteiger partial charge in [0, 0.05) is 11.6 Å². The van der Waals surface area contributed by atoms with E-state index in [2.05, 4.69) is 4.74 Å². The molecule has 9 heteroatoms. The molecule has 1 fully saturated rings. The summed E-state index contributed by atoms with van der Waals surface area (Å²) in [5.41, 5.74) is 1.29. The van der Waals surface area contributed by atoms with Gasteiger partial charge in [-0.1, -0.05) is 35.9 Å². The first kappa shape index (κ1) is 22.7. The van der Waals surface area contributed by atoms with E-state index in [0.717, 1.165) is 4.90 Å². The molecule has 7 nitrogen and oxygen atoms in total. The molecule has 0 bridgehead atoms. The molecule has 0 saturated carbocycles. The fraction of sp³-hybridized carbons (Fsp3) is 0.167. The number of carbonyl (C=O) groups excluding carboxylic acids is 4. The van der Waals surface area contributed by atoms with Gasteiger partial charge >= 0.3 is 5.97 Å². The highest BCUT2D eigenvalue weighted by molar-refractivity contribution is 7.12. The molecule has 1 aliphatic rings. The average Bonchev–Trinajstić information content (AvgIpc) is 3.46. The van der Waals surface area contributed by atoms with Gasteiger partial charge in [-0.3, -0.25) is 14.4 Å². The van der Waals surface area contributed by atoms with E-state index in [0.29, 0.717) is 26.7 Å². The van der Waals surface area contributed by atoms with Crippen LogP contribution in [0.3, 0.4) is 0 Å². The molecule has 0 spiro atoms. The summed E-state index contributed by atoms with van der Waals surface area (Å²) in [4.78, 5) is 54.1. The molecule has 1 saturated heterocycles. The number of anilines is 1. The second kappa shape index (κ2) is 9.56. The van der Waals surface area contributed by atoms with Gasteiger partial charge in [-0.2, -0.15) is 0 Å². The normalized spacial score (nSPS) is 15.6. The molecule has 0 N–H and O–H groups in total. The van der Waals surface area contributed by atoms with Gasteiger partial charge in [-0.25, -0.2) is 9.69 Å². The molecule has 2 heterocycles. The molecule has 1 unspecified atom stereocenters. The summed E-state index contributed by atoms with van der Waals surface area (Å²) in [5, 5.41) is 2.24. The number of benzene rings is 2. The standard InChI is InChI=1S/C24H19ClN2O5S/c1-32-24(31)15-8-10-17(11-9-15)27-21(28)13-19(22(27)29)26(23(30)20-7-4-12-33-20)14-16-5-2-3-6-18(16)25/h2-12,19H,13-14H2,1H3. The van der Waals surface area contributed by atoms with Crippen molar-refractivity contribution in [3.8, 4) is 0 Å². The van der Waals surface area contributed by atoms with Crippen LogP contribution in [0.15, 0.2) is 66.0 Å². The molecule has 1 atom stereocenters. The van der Waals surface area contributed by atoms with Crippen molar-refractivity contribution in [2.45, 2.75) is 19.0 Å². The van der Waals surface area contributed by atoms with Gasteiger partial charge in [0.15, 0.2) is 0 Å². The highest BCUT2D eigenvalue weighted by atomic mass is 35.5. The molecule has 168 valence electrons. The Morgan fingerprint density at radius 1 is 1.09 bits per heavy atom. The quantitative estimate of drug-likeness (QED) is 0.389. The second-order valence-corrected chi connectivity index (χ2v) is 8.68. The van der Waals surface area contributed by atoms with E-state index in [1.807, 2.05) is 0 Å². The molecule has 3 amide bonds. The van der Waals surface area contributed by atoms with Crippen LogP contribution in [0.5, 0.6) is 0 Å². The summed E-state index contributed by atoms with van der Waals surface area (Å²) in [6.45, 7) is 0.0786. The van der Waals surface area contributed by atoms with E-state index in [-0.39, 0.29) is 18.9 Å². The van der Waals surface area contributed by atoms with Crippen molar-refractivity contribution >= 4 is 52.3 Å². The molecule has 1 aliphatic heterocycles. The summed E-state index contributed by atoms with van der Waals surface area (Å²) in [6, 6.07) is 15.5. The second-order valence-electron chi connectivity index (χ2n) is 7.33. The number of hydrogen-bond acceptors (Lipinski definition) is 6. The fourth-order valence-corrected chi connectivity index (χ4v) is 4.55. The predicted octanol–water partition coefficient (Wildman–Crippen LogP) is 4.16. The Morgan fingerprint density at radius 3 is 2.45 bits per heavy atom. The third-order valence-corrected chi connectivity index (χ3v) is 6.56. The van der Waals surface area contributed by atoms with Crippen molar-refractivity contribution < 1.29 is 23.9 Å². The first-order chi connectivity index (χ1) is 15.9. The van der Waals surface area contributed by atoms with E-state index in [1.54, 1.807) is 41.8 Å². The lowest BCUT2D eigenvalue weighted by molar-refractivity contribution is -0.122. The number of esters is 1. The maximum Gasteiger partial charge on any atom is 0.337 e. The van der Waals surface area contributed by atoms with Crippen molar-refractivity contribution in [2.75, 3.05) is 12.0 Å². The van der Waals surface area contributed by atoms with Crippen molar-refractivity contribution in [1.29, 1.82) is 0 Å². The minimum Gasteiger partial charge on any atom is -0.465 e. The molecular formula is C24H19ClN2O5S. The number of hydrogen-bond donors (Lipinski definition) is 0. The van der Waals surface area contributed by atoms with Gasteiger partial charge in [0.25, 0.3) is 11.8 Å². The molecule has 3 aromatic rings. The number of thiophene rings is 1. The van der Waals surface area contributed by atoms with E-state index in [1.165, 1.54) is 47.6 Å². The number of nitrogens with zero attached hydrogens (tertiary/aromatic N) is 2. The van der Waals surface area contributed by atoms with Crippen LogP contribution < -0.4 is 4.90 Å². The largest absolute Gasteiger partial charge is 0.465 e. The van der Waals surface area contributed by atoms with Crippen LogP contribution in [0.4, 0.5) is 5.69 Å². The molecule has 0 aliphatic carbocycles. The minimum atomic E-state index is -0.983. The fourth-order valence-electron chi connectivity index (χ4n) is 3.67. The molecule has 2 aromatic carbocycles. The molecule has 4 rings (SSSR count). The smallest absolute Gasteiger partial charge is 0.337 e. The number of carbonyl (C=O) groups is 4. The molecule has 0 radical (unpaired) electrons. The lowest BCUT2D eigenvalue weighted by Gasteiger charge is -2.27. The third-order valence-electron chi connectivity index (χ3n) is 5.34. The van der Waals surface area contributed by atoms with Crippen molar-refractivity contribution in [3.63, 3.8) is 0 Å². The molecule has 33 heavy (non-hydrogen) atoms. The van der Waals surface area contributed by atoms with Crippen LogP contribution in [0.2, 0.25) is 5.02 Å². The summed E-state index contributed by atoms with van der Waals surface area (Å²) in [5.74, 6) is -1.81. The SMILES string of the molecule is COC(=O)c1ccc(N2C(=O)CC(N(Cc3ccccc3Cl)C(=O)c3cccs3)C2=O)cc1. The Kier molecular flexibility index (Phi) is 6.57. The van der Waals surface area contributed by atoms with Crippen LogP contribution in [0.25, 0.3) is 0 Å². The number of rotatable bonds is 6. The van der Waals surface area contributed by atoms with Crippen LogP contribution in [0.1, 0.15) is 32.0 Å². The predicted molar refractivity (Wildman–Crippen MR) is 124 cm³/mol.